The quantitative estimate of drug-likeness (QED) is 0.402. The molecule has 1 N–H and O–H groups in total. The molecular weight excluding hydrogens is 498 g/mol. The van der Waals surface area contributed by atoms with Gasteiger partial charge < -0.3 is 15.0 Å². The van der Waals surface area contributed by atoms with Crippen LogP contribution in [-0.4, -0.2) is 41.1 Å². The summed E-state index contributed by atoms with van der Waals surface area (Å²) in [6.07, 6.45) is 2.47. The third-order valence-corrected chi connectivity index (χ3v) is 8.85. The summed E-state index contributed by atoms with van der Waals surface area (Å²) in [7, 11) is -2.47. The summed E-state index contributed by atoms with van der Waals surface area (Å²) in [5, 5.41) is 2.98. The van der Waals surface area contributed by atoms with Crippen LogP contribution < -0.4 is 19.3 Å². The summed E-state index contributed by atoms with van der Waals surface area (Å²) in [6, 6.07) is 21.4. The molecule has 8 heteroatoms. The average molecular weight is 536 g/mol. The fourth-order valence-corrected chi connectivity index (χ4v) is 6.45. The number of nitrogens with zero attached hydrogens (tertiary/aromatic N) is 2. The minimum absolute atomic E-state index is 0.100. The molecule has 1 amide bonds. The summed E-state index contributed by atoms with van der Waals surface area (Å²) in [4.78, 5) is 15.7. The fraction of sp³-hybridized carbons (Fsp3) is 0.367. The number of aryl methyl sites for hydroxylation is 1. The Morgan fingerprint density at radius 1 is 1.11 bits per heavy atom. The number of benzene rings is 3. The monoisotopic (exact) mass is 535 g/mol. The number of rotatable bonds is 9. The van der Waals surface area contributed by atoms with Crippen LogP contribution in [0.5, 0.6) is 5.75 Å². The van der Waals surface area contributed by atoms with Crippen LogP contribution in [0.4, 0.5) is 11.4 Å². The number of hydrogen-bond donors (Lipinski definition) is 1. The highest BCUT2D eigenvalue weighted by molar-refractivity contribution is 7.92. The van der Waals surface area contributed by atoms with Crippen LogP contribution in [-0.2, 0) is 14.8 Å². The third-order valence-electron chi connectivity index (χ3n) is 7.08. The van der Waals surface area contributed by atoms with Gasteiger partial charge in [-0.15, -0.1) is 0 Å². The van der Waals surface area contributed by atoms with E-state index in [0.717, 1.165) is 23.0 Å². The van der Waals surface area contributed by atoms with Crippen LogP contribution in [0.3, 0.4) is 0 Å². The molecule has 0 bridgehead atoms. The molecule has 3 aromatic rings. The maximum absolute atomic E-state index is 13.7. The number of hydrogen-bond acceptors (Lipinski definition) is 5. The van der Waals surface area contributed by atoms with E-state index in [1.54, 1.807) is 50.4 Å². The maximum Gasteiger partial charge on any atom is 0.264 e. The summed E-state index contributed by atoms with van der Waals surface area (Å²) < 4.78 is 33.8. The lowest BCUT2D eigenvalue weighted by Gasteiger charge is -2.33. The molecule has 1 heterocycles. The Morgan fingerprint density at radius 2 is 1.82 bits per heavy atom. The lowest BCUT2D eigenvalue weighted by Crippen LogP contribution is -2.41. The van der Waals surface area contributed by atoms with E-state index < -0.39 is 10.0 Å². The number of piperidine rings is 1. The molecule has 1 saturated heterocycles. The van der Waals surface area contributed by atoms with Crippen LogP contribution in [0.1, 0.15) is 43.9 Å². The topological polar surface area (TPSA) is 79.0 Å². The number of carbonyl (C=O) groups is 1. The molecule has 0 radical (unpaired) electrons. The third kappa shape index (κ3) is 6.30. The van der Waals surface area contributed by atoms with Gasteiger partial charge in [-0.2, -0.15) is 0 Å². The molecule has 0 aromatic heterocycles. The molecule has 3 aromatic carbocycles. The van der Waals surface area contributed by atoms with E-state index in [-0.39, 0.29) is 23.4 Å². The molecule has 1 fully saturated rings. The molecule has 4 rings (SSSR count). The van der Waals surface area contributed by atoms with Gasteiger partial charge in [0.2, 0.25) is 5.91 Å². The average Bonchev–Trinajstić information content (AvgIpc) is 2.92. The van der Waals surface area contributed by atoms with Gasteiger partial charge in [-0.05, 0) is 86.2 Å². The zero-order valence-corrected chi connectivity index (χ0v) is 23.4. The molecule has 7 nitrogen and oxygen atoms in total. The SMILES string of the molecule is COc1ccc(S(=O)(=O)N(CC(=O)NC(C)c2ccc(N3CCCC(C)C3)cc2)c2ccccc2)cc1C. The van der Waals surface area contributed by atoms with Crippen molar-refractivity contribution in [1.82, 2.24) is 5.32 Å². The Kier molecular flexibility index (Phi) is 8.62. The first-order valence-corrected chi connectivity index (χ1v) is 14.5. The Hall–Kier alpha value is -3.52. The van der Waals surface area contributed by atoms with Crippen molar-refractivity contribution in [2.45, 2.75) is 44.6 Å². The molecule has 1 aliphatic heterocycles. The van der Waals surface area contributed by atoms with Crippen molar-refractivity contribution in [3.63, 3.8) is 0 Å². The maximum atomic E-state index is 13.7. The van der Waals surface area contributed by atoms with Crippen LogP contribution >= 0.6 is 0 Å². The van der Waals surface area contributed by atoms with Crippen LogP contribution in [0.25, 0.3) is 0 Å². The van der Waals surface area contributed by atoms with Gasteiger partial charge in [0.05, 0.1) is 23.7 Å². The zero-order chi connectivity index (χ0) is 27.3. The zero-order valence-electron chi connectivity index (χ0n) is 22.6. The summed E-state index contributed by atoms with van der Waals surface area (Å²) in [6.45, 7) is 7.76. The first-order chi connectivity index (χ1) is 18.2. The predicted octanol–water partition coefficient (Wildman–Crippen LogP) is 5.31. The van der Waals surface area contributed by atoms with Gasteiger partial charge in [-0.3, -0.25) is 9.10 Å². The van der Waals surface area contributed by atoms with E-state index >= 15 is 0 Å². The summed E-state index contributed by atoms with van der Waals surface area (Å²) >= 11 is 0. The lowest BCUT2D eigenvalue weighted by atomic mass is 9.99. The minimum atomic E-state index is -4.01. The van der Waals surface area contributed by atoms with Gasteiger partial charge in [0.1, 0.15) is 12.3 Å². The molecule has 0 aliphatic carbocycles. The second-order valence-corrected chi connectivity index (χ2v) is 11.9. The first-order valence-electron chi connectivity index (χ1n) is 13.1. The molecule has 0 saturated carbocycles. The van der Waals surface area contributed by atoms with Crippen LogP contribution in [0.15, 0.2) is 77.7 Å². The Balaban J connectivity index is 1.50. The number of anilines is 2. The molecule has 202 valence electrons. The number of carbonyl (C=O) groups excluding carboxylic acids is 1. The van der Waals surface area contributed by atoms with Crippen molar-refractivity contribution in [3.8, 4) is 5.75 Å². The minimum Gasteiger partial charge on any atom is -0.496 e. The second kappa shape index (κ2) is 11.9. The second-order valence-electron chi connectivity index (χ2n) is 10.1. The van der Waals surface area contributed by atoms with Gasteiger partial charge in [0, 0.05) is 18.8 Å². The number of sulfonamides is 1. The van der Waals surface area contributed by atoms with Crippen molar-refractivity contribution in [2.75, 3.05) is 35.9 Å². The van der Waals surface area contributed by atoms with E-state index in [0.29, 0.717) is 22.9 Å². The van der Waals surface area contributed by atoms with E-state index in [1.807, 2.05) is 25.1 Å². The normalized spacial score (nSPS) is 16.5. The molecule has 38 heavy (non-hydrogen) atoms. The van der Waals surface area contributed by atoms with Gasteiger partial charge in [-0.1, -0.05) is 37.3 Å². The molecule has 2 unspecified atom stereocenters. The number of amides is 1. The number of ether oxygens (including phenoxy) is 1. The summed E-state index contributed by atoms with van der Waals surface area (Å²) in [5.74, 6) is 0.902. The lowest BCUT2D eigenvalue weighted by molar-refractivity contribution is -0.120. The Morgan fingerprint density at radius 3 is 2.45 bits per heavy atom. The number of methoxy groups -OCH3 is 1. The number of para-hydroxylation sites is 1. The highest BCUT2D eigenvalue weighted by atomic mass is 32.2. The highest BCUT2D eigenvalue weighted by Crippen LogP contribution is 2.28. The molecule has 0 spiro atoms. The first kappa shape index (κ1) is 27.5. The van der Waals surface area contributed by atoms with Gasteiger partial charge in [-0.25, -0.2) is 8.42 Å². The van der Waals surface area contributed by atoms with Crippen molar-refractivity contribution in [1.29, 1.82) is 0 Å². The number of nitrogens with one attached hydrogen (secondary N) is 1. The van der Waals surface area contributed by atoms with Crippen molar-refractivity contribution in [2.24, 2.45) is 5.92 Å². The van der Waals surface area contributed by atoms with Gasteiger partial charge >= 0.3 is 0 Å². The van der Waals surface area contributed by atoms with E-state index in [2.05, 4.69) is 29.3 Å². The Labute approximate surface area is 226 Å². The van der Waals surface area contributed by atoms with E-state index in [4.69, 9.17) is 4.74 Å². The molecular formula is C30H37N3O4S. The highest BCUT2D eigenvalue weighted by Gasteiger charge is 2.28. The van der Waals surface area contributed by atoms with E-state index in [1.165, 1.54) is 24.6 Å². The van der Waals surface area contributed by atoms with Crippen molar-refractivity contribution in [3.05, 3.63) is 83.9 Å². The molecule has 1 aliphatic rings. The Bertz CT molecular complexity index is 1340. The van der Waals surface area contributed by atoms with Crippen molar-refractivity contribution < 1.29 is 17.9 Å². The standard InChI is InChI=1S/C30H37N3O4S/c1-22-9-8-18-32(20-22)26-14-12-25(13-15-26)24(3)31-30(34)21-33(27-10-6-5-7-11-27)38(35,36)28-16-17-29(37-4)23(2)19-28/h5-7,10-17,19,22,24H,8-9,18,20-21H2,1-4H3,(H,31,34). The summed E-state index contributed by atoms with van der Waals surface area (Å²) in [5.41, 5.74) is 3.27. The predicted molar refractivity (Wildman–Crippen MR) is 152 cm³/mol. The van der Waals surface area contributed by atoms with Crippen LogP contribution in [0, 0.1) is 12.8 Å². The fourth-order valence-electron chi connectivity index (χ4n) is 4.95. The molecule has 2 atom stereocenters. The van der Waals surface area contributed by atoms with Crippen LogP contribution in [0.2, 0.25) is 0 Å². The van der Waals surface area contributed by atoms with Crippen molar-refractivity contribution >= 4 is 27.3 Å². The van der Waals surface area contributed by atoms with Gasteiger partial charge in [0.25, 0.3) is 10.0 Å². The largest absolute Gasteiger partial charge is 0.496 e. The van der Waals surface area contributed by atoms with E-state index in [9.17, 15) is 13.2 Å². The smallest absolute Gasteiger partial charge is 0.264 e. The van der Waals surface area contributed by atoms with Gasteiger partial charge in [0.15, 0.2) is 0 Å².